The lowest BCUT2D eigenvalue weighted by atomic mass is 10.1. The predicted octanol–water partition coefficient (Wildman–Crippen LogP) is 1.51. The van der Waals surface area contributed by atoms with Gasteiger partial charge in [-0.3, -0.25) is 9.79 Å². The summed E-state index contributed by atoms with van der Waals surface area (Å²) in [6, 6.07) is 7.89. The molecule has 0 aliphatic rings. The molecule has 1 rings (SSSR count). The van der Waals surface area contributed by atoms with Gasteiger partial charge in [0.05, 0.1) is 0 Å². The van der Waals surface area contributed by atoms with Gasteiger partial charge in [0.2, 0.25) is 0 Å². The average Bonchev–Trinajstić information content (AvgIpc) is 2.44. The van der Waals surface area contributed by atoms with Gasteiger partial charge in [-0.15, -0.1) is 0 Å². The fourth-order valence-electron chi connectivity index (χ4n) is 1.69. The summed E-state index contributed by atoms with van der Waals surface area (Å²) in [5.41, 5.74) is 1.78. The summed E-state index contributed by atoms with van der Waals surface area (Å²) in [7, 11) is 1.75. The minimum Gasteiger partial charge on any atom is -0.354 e. The van der Waals surface area contributed by atoms with E-state index in [1.54, 1.807) is 7.05 Å². The lowest BCUT2D eigenvalue weighted by Gasteiger charge is -2.14. The number of amides is 1. The maximum atomic E-state index is 11.6. The number of carbonyl (C=O) groups is 1. The van der Waals surface area contributed by atoms with E-state index in [1.165, 1.54) is 0 Å². The highest BCUT2D eigenvalue weighted by Crippen LogP contribution is 2.04. The molecule has 1 aromatic rings. The Kier molecular flexibility index (Phi) is 6.56. The Bertz CT molecular complexity index is 451. The summed E-state index contributed by atoms with van der Waals surface area (Å²) in [4.78, 5) is 15.8. The van der Waals surface area contributed by atoms with Gasteiger partial charge in [0.25, 0.3) is 5.91 Å². The van der Waals surface area contributed by atoms with Crippen LogP contribution in [0.4, 0.5) is 0 Å². The Balaban J connectivity index is 2.55. The van der Waals surface area contributed by atoms with Crippen LogP contribution in [0, 0.1) is 0 Å². The monoisotopic (exact) mass is 276 g/mol. The van der Waals surface area contributed by atoms with Crippen molar-refractivity contribution in [3.63, 3.8) is 0 Å². The van der Waals surface area contributed by atoms with Crippen LogP contribution in [0.2, 0.25) is 0 Å². The molecule has 3 N–H and O–H groups in total. The molecule has 0 aromatic heterocycles. The maximum Gasteiger partial charge on any atom is 0.251 e. The Morgan fingerprint density at radius 1 is 1.20 bits per heavy atom. The van der Waals surface area contributed by atoms with Gasteiger partial charge in [-0.25, -0.2) is 0 Å². The Morgan fingerprint density at radius 2 is 1.85 bits per heavy atom. The number of aliphatic imine (C=N–C) groups is 1. The summed E-state index contributed by atoms with van der Waals surface area (Å²) >= 11 is 0. The molecular formula is C15H24N4O. The second kappa shape index (κ2) is 8.19. The van der Waals surface area contributed by atoms with Crippen molar-refractivity contribution < 1.29 is 4.79 Å². The molecule has 5 heteroatoms. The van der Waals surface area contributed by atoms with Gasteiger partial charge in [-0.2, -0.15) is 0 Å². The quantitative estimate of drug-likeness (QED) is 0.564. The SMILES string of the molecule is CCNC(=O)c1ccc(CNC(=NC)NC(C)C)cc1. The van der Waals surface area contributed by atoms with Gasteiger partial charge in [0.15, 0.2) is 5.96 Å². The predicted molar refractivity (Wildman–Crippen MR) is 82.9 cm³/mol. The van der Waals surface area contributed by atoms with Crippen LogP contribution in [0.15, 0.2) is 29.3 Å². The molecule has 0 saturated carbocycles. The van der Waals surface area contributed by atoms with E-state index >= 15 is 0 Å². The van der Waals surface area contributed by atoms with Crippen molar-refractivity contribution in [2.24, 2.45) is 4.99 Å². The highest BCUT2D eigenvalue weighted by atomic mass is 16.1. The van der Waals surface area contributed by atoms with Gasteiger partial charge in [-0.05, 0) is 38.5 Å². The fraction of sp³-hybridized carbons (Fsp3) is 0.467. The third kappa shape index (κ3) is 5.30. The number of benzene rings is 1. The van der Waals surface area contributed by atoms with Gasteiger partial charge in [0, 0.05) is 31.7 Å². The van der Waals surface area contributed by atoms with Gasteiger partial charge in [0.1, 0.15) is 0 Å². The van der Waals surface area contributed by atoms with Crippen LogP contribution in [0.1, 0.15) is 36.7 Å². The molecule has 20 heavy (non-hydrogen) atoms. The molecule has 0 aliphatic carbocycles. The van der Waals surface area contributed by atoms with Crippen LogP contribution in [0.3, 0.4) is 0 Å². The third-order valence-corrected chi connectivity index (χ3v) is 2.66. The number of carbonyl (C=O) groups excluding carboxylic acids is 1. The number of guanidine groups is 1. The minimum atomic E-state index is -0.0377. The highest BCUT2D eigenvalue weighted by molar-refractivity contribution is 5.94. The van der Waals surface area contributed by atoms with Crippen molar-refractivity contribution in [3.8, 4) is 0 Å². The normalized spacial score (nSPS) is 11.3. The van der Waals surface area contributed by atoms with E-state index in [1.807, 2.05) is 31.2 Å². The van der Waals surface area contributed by atoms with E-state index in [9.17, 15) is 4.79 Å². The summed E-state index contributed by atoms with van der Waals surface area (Å²) in [6.45, 7) is 7.34. The first-order valence-corrected chi connectivity index (χ1v) is 6.91. The smallest absolute Gasteiger partial charge is 0.251 e. The van der Waals surface area contributed by atoms with Crippen LogP contribution in [0.25, 0.3) is 0 Å². The van der Waals surface area contributed by atoms with Crippen molar-refractivity contribution in [2.75, 3.05) is 13.6 Å². The van der Waals surface area contributed by atoms with Crippen molar-refractivity contribution >= 4 is 11.9 Å². The van der Waals surface area contributed by atoms with Gasteiger partial charge >= 0.3 is 0 Å². The molecule has 0 aliphatic heterocycles. The van der Waals surface area contributed by atoms with E-state index < -0.39 is 0 Å². The van der Waals surface area contributed by atoms with Gasteiger partial charge in [-0.1, -0.05) is 12.1 Å². The Morgan fingerprint density at radius 3 is 2.35 bits per heavy atom. The molecule has 0 radical (unpaired) electrons. The van der Waals surface area contributed by atoms with Crippen LogP contribution in [0.5, 0.6) is 0 Å². The van der Waals surface area contributed by atoms with Crippen LogP contribution >= 0.6 is 0 Å². The second-order valence-corrected chi connectivity index (χ2v) is 4.78. The summed E-state index contributed by atoms with van der Waals surface area (Å²) < 4.78 is 0. The molecular weight excluding hydrogens is 252 g/mol. The van der Waals surface area contributed by atoms with Gasteiger partial charge < -0.3 is 16.0 Å². The molecule has 0 fully saturated rings. The van der Waals surface area contributed by atoms with Crippen LogP contribution in [-0.4, -0.2) is 31.5 Å². The maximum absolute atomic E-state index is 11.6. The molecule has 0 bridgehead atoms. The minimum absolute atomic E-state index is 0.0377. The largest absolute Gasteiger partial charge is 0.354 e. The van der Waals surface area contributed by atoms with Crippen molar-refractivity contribution in [1.82, 2.24) is 16.0 Å². The molecule has 1 aromatic carbocycles. The molecule has 0 heterocycles. The fourth-order valence-corrected chi connectivity index (χ4v) is 1.69. The van der Waals surface area contributed by atoms with Crippen molar-refractivity contribution in [2.45, 2.75) is 33.4 Å². The first kappa shape index (κ1) is 16.0. The first-order chi connectivity index (χ1) is 9.56. The Hall–Kier alpha value is -2.04. The zero-order chi connectivity index (χ0) is 15.0. The zero-order valence-electron chi connectivity index (χ0n) is 12.7. The second-order valence-electron chi connectivity index (χ2n) is 4.78. The van der Waals surface area contributed by atoms with E-state index in [2.05, 4.69) is 34.8 Å². The lowest BCUT2D eigenvalue weighted by molar-refractivity contribution is 0.0956. The summed E-state index contributed by atoms with van der Waals surface area (Å²) in [5, 5.41) is 9.23. The summed E-state index contributed by atoms with van der Waals surface area (Å²) in [5.74, 6) is 0.733. The molecule has 5 nitrogen and oxygen atoms in total. The molecule has 1 amide bonds. The van der Waals surface area contributed by atoms with Crippen molar-refractivity contribution in [1.29, 1.82) is 0 Å². The average molecular weight is 276 g/mol. The van der Waals surface area contributed by atoms with E-state index in [4.69, 9.17) is 0 Å². The van der Waals surface area contributed by atoms with E-state index in [-0.39, 0.29) is 5.91 Å². The third-order valence-electron chi connectivity index (χ3n) is 2.66. The number of hydrogen-bond acceptors (Lipinski definition) is 2. The number of nitrogens with zero attached hydrogens (tertiary/aromatic N) is 1. The number of hydrogen-bond donors (Lipinski definition) is 3. The zero-order valence-corrected chi connectivity index (χ0v) is 12.7. The van der Waals surface area contributed by atoms with Crippen molar-refractivity contribution in [3.05, 3.63) is 35.4 Å². The Labute approximate surface area is 120 Å². The highest BCUT2D eigenvalue weighted by Gasteiger charge is 2.04. The number of rotatable bonds is 5. The standard InChI is InChI=1S/C15H24N4O/c1-5-17-14(20)13-8-6-12(7-9-13)10-18-15(16-4)19-11(2)3/h6-9,11H,5,10H2,1-4H3,(H,17,20)(H2,16,18,19). The van der Waals surface area contributed by atoms with Crippen LogP contribution in [-0.2, 0) is 6.54 Å². The molecule has 110 valence electrons. The topological polar surface area (TPSA) is 65.5 Å². The van der Waals surface area contributed by atoms with E-state index in [0.29, 0.717) is 24.7 Å². The molecule has 0 unspecified atom stereocenters. The first-order valence-electron chi connectivity index (χ1n) is 6.91. The molecule has 0 saturated heterocycles. The van der Waals surface area contributed by atoms with Crippen LogP contribution < -0.4 is 16.0 Å². The summed E-state index contributed by atoms with van der Waals surface area (Å²) in [6.07, 6.45) is 0. The lowest BCUT2D eigenvalue weighted by Crippen LogP contribution is -2.40. The number of nitrogens with one attached hydrogen (secondary N) is 3. The molecule has 0 atom stereocenters. The molecule has 0 spiro atoms. The van der Waals surface area contributed by atoms with E-state index in [0.717, 1.165) is 11.5 Å².